The van der Waals surface area contributed by atoms with Gasteiger partial charge in [0.2, 0.25) is 0 Å². The molecule has 4 aromatic carbocycles. The van der Waals surface area contributed by atoms with Crippen LogP contribution in [0.25, 0.3) is 66.2 Å². The van der Waals surface area contributed by atoms with Crippen LogP contribution in [0.3, 0.4) is 0 Å². The average Bonchev–Trinajstić information content (AvgIpc) is 2.77. The Kier molecular flexibility index (Phi) is 3.34. The van der Waals surface area contributed by atoms with Crippen LogP contribution in [-0.4, -0.2) is 37.8 Å². The van der Waals surface area contributed by atoms with Gasteiger partial charge < -0.3 is 0 Å². The highest BCUT2D eigenvalue weighted by atomic mass is 14.9. The van der Waals surface area contributed by atoms with Gasteiger partial charge in [-0.25, -0.2) is 29.9 Å². The molecule has 32 heavy (non-hydrogen) atoms. The molecular weight excluding hydrogens is 395 g/mol. The zero-order valence-corrected chi connectivity index (χ0v) is 17.5. The van der Waals surface area contributed by atoms with Gasteiger partial charge in [-0.15, -0.1) is 0 Å². The Morgan fingerprint density at radius 1 is 0.406 bits per heavy atom. The maximum Gasteiger partial charge on any atom is 0.139 e. The first-order chi connectivity index (χ1) is 15.6. The molecule has 0 atom stereocenters. The smallest absolute Gasteiger partial charge is 0.139 e. The molecule has 3 heterocycles. The number of hydrogen-bond acceptors (Lipinski definition) is 6. The summed E-state index contributed by atoms with van der Waals surface area (Å²) in [4.78, 5) is 28.9. The van der Waals surface area contributed by atoms with Gasteiger partial charge in [-0.2, -0.15) is 0 Å². The summed E-state index contributed by atoms with van der Waals surface area (Å²) in [5, 5.41) is 0. The number of aryl methyl sites for hydroxylation is 1. The molecule has 0 unspecified atom stereocenters. The van der Waals surface area contributed by atoms with Gasteiger partial charge in [-0.3, -0.25) is 0 Å². The lowest BCUT2D eigenvalue weighted by Gasteiger charge is -2.07. The van der Waals surface area contributed by atoms with Crippen LogP contribution in [0.1, 0.15) is 5.56 Å². The van der Waals surface area contributed by atoms with Crippen molar-refractivity contribution in [3.63, 3.8) is 0 Å². The van der Waals surface area contributed by atoms with Crippen molar-refractivity contribution in [3.8, 4) is 0 Å². The Morgan fingerprint density at radius 2 is 0.750 bits per heavy atom. The third-order valence-electron chi connectivity index (χ3n) is 5.85. The molecule has 148 valence electrons. The van der Waals surface area contributed by atoms with Gasteiger partial charge in [0.05, 0.1) is 66.2 Å². The predicted octanol–water partition coefficient (Wildman–Crippen LogP) is 3.54. The second-order valence-corrected chi connectivity index (χ2v) is 8.31. The fourth-order valence-electron chi connectivity index (χ4n) is 4.24. The molecule has 0 aliphatic carbocycles. The first-order valence-corrected chi connectivity index (χ1v) is 10.5. The Morgan fingerprint density at radius 3 is 1.22 bits per heavy atom. The van der Waals surface area contributed by atoms with Crippen LogP contribution in [0.15, 0.2) is 60.7 Å². The minimum atomic E-state index is 0.787. The maximum absolute atomic E-state index is 4.87. The minimum absolute atomic E-state index is 0.787. The summed E-state index contributed by atoms with van der Waals surface area (Å²) in [6.07, 6.45) is 0. The van der Waals surface area contributed by atoms with Crippen molar-refractivity contribution in [2.24, 2.45) is 0 Å². The molecule has 0 saturated carbocycles. The average molecular weight is 410 g/mol. The lowest BCUT2D eigenvalue weighted by Crippen LogP contribution is -2.01. The number of benzene rings is 4. The third-order valence-corrected chi connectivity index (χ3v) is 5.85. The predicted molar refractivity (Wildman–Crippen MR) is 131 cm³/mol. The van der Waals surface area contributed by atoms with Crippen LogP contribution in [-0.2, 0) is 0 Å². The second-order valence-electron chi connectivity index (χ2n) is 8.31. The van der Waals surface area contributed by atoms with E-state index in [0.717, 1.165) is 77.2 Å². The van der Waals surface area contributed by atoms with Gasteiger partial charge in [-0.05, 0) is 61.0 Å². The van der Waals surface area contributed by atoms with Crippen molar-refractivity contribution in [2.45, 2.75) is 6.92 Å². The zero-order chi connectivity index (χ0) is 21.4. The van der Waals surface area contributed by atoms with E-state index in [1.54, 1.807) is 0 Å². The summed E-state index contributed by atoms with van der Waals surface area (Å²) in [5.41, 5.74) is 12.2. The minimum Gasteiger partial charge on any atom is -0.244 e. The number of fused-ring (bicyclic) bond motifs is 6. The SMILES string of the molecule is Bc1ccc2nc3cc4nc5cc6nc7cc(C)ccc7nc6cc5nc4cc3nc2c1. The summed E-state index contributed by atoms with van der Waals surface area (Å²) >= 11 is 0. The molecule has 7 heteroatoms. The van der Waals surface area contributed by atoms with E-state index in [1.807, 2.05) is 36.4 Å². The van der Waals surface area contributed by atoms with Crippen LogP contribution >= 0.6 is 0 Å². The number of rotatable bonds is 0. The van der Waals surface area contributed by atoms with E-state index in [9.17, 15) is 0 Å². The van der Waals surface area contributed by atoms with E-state index in [0.29, 0.717) is 0 Å². The molecule has 0 spiro atoms. The standard InChI is InChI=1S/C25H15BN6/c1-12-2-4-14-16(6-12)29-20-10-24-22(8-18(20)27-14)32-25-11-21-19(9-23(25)31-24)28-15-5-3-13(26)7-17(15)30-21/h2-11H,26H2,1H3. The van der Waals surface area contributed by atoms with Gasteiger partial charge in [0.15, 0.2) is 0 Å². The fourth-order valence-corrected chi connectivity index (χ4v) is 4.24. The fraction of sp³-hybridized carbons (Fsp3) is 0.0400. The Labute approximate surface area is 182 Å². The highest BCUT2D eigenvalue weighted by molar-refractivity contribution is 6.33. The summed E-state index contributed by atoms with van der Waals surface area (Å²) in [6.45, 7) is 2.06. The third kappa shape index (κ3) is 2.61. The normalized spacial score (nSPS) is 12.0. The Hall–Kier alpha value is -4.26. The molecule has 7 aromatic rings. The van der Waals surface area contributed by atoms with E-state index in [1.165, 1.54) is 0 Å². The van der Waals surface area contributed by atoms with E-state index in [2.05, 4.69) is 39.0 Å². The monoisotopic (exact) mass is 410 g/mol. The van der Waals surface area contributed by atoms with Crippen molar-refractivity contribution in [2.75, 3.05) is 0 Å². The molecule has 0 amide bonds. The van der Waals surface area contributed by atoms with Crippen LogP contribution in [0.5, 0.6) is 0 Å². The Bertz CT molecular complexity index is 1770. The number of hydrogen-bond donors (Lipinski definition) is 0. The van der Waals surface area contributed by atoms with Crippen molar-refractivity contribution in [1.82, 2.24) is 29.9 Å². The molecule has 0 aliphatic rings. The number of nitrogens with zero attached hydrogens (tertiary/aromatic N) is 6. The van der Waals surface area contributed by atoms with E-state index >= 15 is 0 Å². The van der Waals surface area contributed by atoms with Gasteiger partial charge in [0.25, 0.3) is 0 Å². The van der Waals surface area contributed by atoms with Crippen LogP contribution < -0.4 is 5.46 Å². The van der Waals surface area contributed by atoms with Crippen LogP contribution in [0.4, 0.5) is 0 Å². The van der Waals surface area contributed by atoms with Crippen LogP contribution in [0, 0.1) is 6.92 Å². The van der Waals surface area contributed by atoms with Crippen LogP contribution in [0.2, 0.25) is 0 Å². The Balaban J connectivity index is 1.51. The van der Waals surface area contributed by atoms with Crippen molar-refractivity contribution < 1.29 is 0 Å². The molecule has 3 aromatic heterocycles. The summed E-state index contributed by atoms with van der Waals surface area (Å²) in [5.74, 6) is 0. The zero-order valence-electron chi connectivity index (χ0n) is 17.5. The van der Waals surface area contributed by atoms with Gasteiger partial charge in [0.1, 0.15) is 7.85 Å². The van der Waals surface area contributed by atoms with E-state index in [-0.39, 0.29) is 0 Å². The topological polar surface area (TPSA) is 77.3 Å². The highest BCUT2D eigenvalue weighted by Crippen LogP contribution is 2.25. The first kappa shape index (κ1) is 17.4. The summed E-state index contributed by atoms with van der Waals surface area (Å²) < 4.78 is 0. The first-order valence-electron chi connectivity index (χ1n) is 10.5. The second kappa shape index (κ2) is 6.14. The molecule has 0 bridgehead atoms. The van der Waals surface area contributed by atoms with E-state index < -0.39 is 0 Å². The highest BCUT2D eigenvalue weighted by Gasteiger charge is 2.10. The number of aromatic nitrogens is 6. The quantitative estimate of drug-likeness (QED) is 0.281. The van der Waals surface area contributed by atoms with Gasteiger partial charge in [-0.1, -0.05) is 17.6 Å². The van der Waals surface area contributed by atoms with Crippen molar-refractivity contribution in [3.05, 3.63) is 66.2 Å². The van der Waals surface area contributed by atoms with E-state index in [4.69, 9.17) is 29.9 Å². The largest absolute Gasteiger partial charge is 0.244 e. The molecule has 7 rings (SSSR count). The molecule has 0 aliphatic heterocycles. The molecule has 6 nitrogen and oxygen atoms in total. The maximum atomic E-state index is 4.87. The molecule has 0 N–H and O–H groups in total. The molecule has 0 saturated heterocycles. The molecular formula is C25H15BN6. The lowest BCUT2D eigenvalue weighted by molar-refractivity contribution is 1.35. The van der Waals surface area contributed by atoms with Crippen molar-refractivity contribution >= 4 is 79.5 Å². The van der Waals surface area contributed by atoms with Gasteiger partial charge in [0, 0.05) is 0 Å². The molecule has 0 radical (unpaired) electrons. The summed E-state index contributed by atoms with van der Waals surface area (Å²) in [7, 11) is 2.06. The summed E-state index contributed by atoms with van der Waals surface area (Å²) in [6, 6.07) is 20.1. The lowest BCUT2D eigenvalue weighted by atomic mass is 9.96. The van der Waals surface area contributed by atoms with Crippen molar-refractivity contribution in [1.29, 1.82) is 0 Å². The van der Waals surface area contributed by atoms with Gasteiger partial charge >= 0.3 is 0 Å². The molecule has 0 fully saturated rings.